The van der Waals surface area contributed by atoms with E-state index >= 15 is 0 Å². The Morgan fingerprint density at radius 3 is 0.875 bits per heavy atom. The zero-order valence-corrected chi connectivity index (χ0v) is 7.62. The molecule has 0 heterocycles. The van der Waals surface area contributed by atoms with Crippen LogP contribution in [0.2, 0.25) is 11.6 Å². The average molecular weight is 152 g/mol. The molecule has 0 aliphatic heterocycles. The van der Waals surface area contributed by atoms with Crippen LogP contribution < -0.4 is 9.43 Å². The first-order chi connectivity index (χ1) is 2.83. The lowest BCUT2D eigenvalue weighted by Crippen LogP contribution is -1.94. The lowest BCUT2D eigenvalue weighted by Gasteiger charge is -1.43. The molecule has 0 fully saturated rings. The average Bonchev–Trinajstić information content (AvgIpc) is 1.39. The van der Waals surface area contributed by atoms with Crippen LogP contribution in [0.1, 0.15) is 0 Å². The van der Waals surface area contributed by atoms with Crippen LogP contribution in [0, 0.1) is 0 Å². The van der Waals surface area contributed by atoms with Gasteiger partial charge in [0.15, 0.2) is 0 Å². The summed E-state index contributed by atoms with van der Waals surface area (Å²) in [5, 5.41) is 0. The number of hydrogen-bond donors (Lipinski definition) is 2. The first-order valence-electron chi connectivity index (χ1n) is 1.82. The molecule has 0 aliphatic carbocycles. The molecule has 0 aromatic carbocycles. The molecule has 0 aromatic rings. The van der Waals surface area contributed by atoms with Crippen LogP contribution in [-0.4, -0.2) is 41.8 Å². The summed E-state index contributed by atoms with van der Waals surface area (Å²) in [7, 11) is 0. The van der Waals surface area contributed by atoms with E-state index < -0.39 is 0 Å². The Morgan fingerprint density at radius 1 is 0.875 bits per heavy atom. The Bertz CT molecular complexity index is 18.0. The third-order valence-electron chi connectivity index (χ3n) is 0. The van der Waals surface area contributed by atoms with Crippen molar-refractivity contribution in [2.24, 2.45) is 9.43 Å². The zero-order chi connectivity index (χ0) is 5.41. The largest absolute Gasteiger partial charge is 0.420 e. The minimum Gasteiger partial charge on any atom is -0.420 e. The van der Waals surface area contributed by atoms with Crippen LogP contribution in [0.4, 0.5) is 0 Å². The fourth-order valence-electron chi connectivity index (χ4n) is 0. The summed E-state index contributed by atoms with van der Waals surface area (Å²) in [6.07, 6.45) is 0. The minimum atomic E-state index is 0. The van der Waals surface area contributed by atoms with Gasteiger partial charge in [-0.05, 0) is 0 Å². The maximum atomic E-state index is 4.93. The van der Waals surface area contributed by atoms with E-state index in [-0.39, 0.29) is 41.8 Å². The normalized spacial score (nSPS) is 3.50. The zero-order valence-electron chi connectivity index (χ0n) is 5.31. The third kappa shape index (κ3) is 294. The highest BCUT2D eigenvalue weighted by molar-refractivity contribution is 6.28. The highest BCUT2D eigenvalue weighted by atomic mass is 27.1. The van der Waals surface area contributed by atoms with Crippen LogP contribution in [-0.2, 0) is 0 Å². The van der Waals surface area contributed by atoms with Gasteiger partial charge in [0.25, 0.3) is 0 Å². The molecule has 0 saturated heterocycles. The molecular formula is C2H14Al2N2O2. The SMILES string of the molecule is O.O.[CH3][Al][NH2].[CH3][Al][NH2]. The quantitative estimate of drug-likeness (QED) is 0.376. The molecule has 0 rings (SSSR count). The second-order valence-electron chi connectivity index (χ2n) is 0.667. The van der Waals surface area contributed by atoms with Gasteiger partial charge in [-0.25, -0.2) is 0 Å². The Hall–Kier alpha value is 0.905. The lowest BCUT2D eigenvalue weighted by atomic mass is 11.9. The van der Waals surface area contributed by atoms with Crippen molar-refractivity contribution in [3.8, 4) is 0 Å². The molecule has 0 bridgehead atoms. The molecule has 8 N–H and O–H groups in total. The van der Waals surface area contributed by atoms with Gasteiger partial charge >= 0.3 is 30.9 Å². The van der Waals surface area contributed by atoms with E-state index in [0.717, 1.165) is 0 Å². The van der Waals surface area contributed by atoms with Gasteiger partial charge in [0.05, 0.1) is 0 Å². The Balaban J connectivity index is -0.0000000160. The fourth-order valence-corrected chi connectivity index (χ4v) is 0. The van der Waals surface area contributed by atoms with Crippen molar-refractivity contribution >= 4 is 30.9 Å². The Kier molecular flexibility index (Phi) is 129. The van der Waals surface area contributed by atoms with Crippen LogP contribution in [0.3, 0.4) is 0 Å². The first-order valence-corrected chi connectivity index (χ1v) is 5.46. The molecule has 0 spiro atoms. The van der Waals surface area contributed by atoms with Crippen LogP contribution in [0.25, 0.3) is 0 Å². The molecule has 8 heavy (non-hydrogen) atoms. The third-order valence-corrected chi connectivity index (χ3v) is 0. The van der Waals surface area contributed by atoms with Gasteiger partial charge in [0.1, 0.15) is 0 Å². The van der Waals surface area contributed by atoms with Gasteiger partial charge in [-0.3, -0.25) is 0 Å². The van der Waals surface area contributed by atoms with Crippen LogP contribution in [0.5, 0.6) is 0 Å². The summed E-state index contributed by atoms with van der Waals surface area (Å²) in [6, 6.07) is 0. The van der Waals surface area contributed by atoms with Crippen molar-refractivity contribution in [3.63, 3.8) is 0 Å². The summed E-state index contributed by atoms with van der Waals surface area (Å²) in [5.41, 5.74) is 0. The topological polar surface area (TPSA) is 115 Å². The van der Waals surface area contributed by atoms with E-state index in [4.69, 9.17) is 9.43 Å². The van der Waals surface area contributed by atoms with E-state index in [2.05, 4.69) is 0 Å². The molecule has 0 aromatic heterocycles. The molecule has 2 radical (unpaired) electrons. The van der Waals surface area contributed by atoms with Crippen molar-refractivity contribution in [2.75, 3.05) is 0 Å². The number of nitrogens with two attached hydrogens (primary N) is 2. The Labute approximate surface area is 63.1 Å². The van der Waals surface area contributed by atoms with E-state index in [0.29, 0.717) is 0 Å². The van der Waals surface area contributed by atoms with E-state index in [1.807, 2.05) is 11.6 Å². The van der Waals surface area contributed by atoms with Crippen molar-refractivity contribution in [1.29, 1.82) is 0 Å². The molecular weight excluding hydrogens is 138 g/mol. The van der Waals surface area contributed by atoms with Crippen molar-refractivity contribution in [3.05, 3.63) is 0 Å². The predicted molar refractivity (Wildman–Crippen MR) is 38.8 cm³/mol. The monoisotopic (exact) mass is 152 g/mol. The highest BCUT2D eigenvalue weighted by Crippen LogP contribution is 1.15. The van der Waals surface area contributed by atoms with Gasteiger partial charge in [-0.1, -0.05) is 11.6 Å². The van der Waals surface area contributed by atoms with Gasteiger partial charge in [0, 0.05) is 0 Å². The summed E-state index contributed by atoms with van der Waals surface area (Å²) in [5.74, 6) is 3.97. The number of rotatable bonds is 0. The fraction of sp³-hybridized carbons (Fsp3) is 1.00. The van der Waals surface area contributed by atoms with Crippen molar-refractivity contribution in [2.45, 2.75) is 11.6 Å². The van der Waals surface area contributed by atoms with Crippen LogP contribution >= 0.6 is 0 Å². The summed E-state index contributed by atoms with van der Waals surface area (Å²) in [6.45, 7) is 0. The van der Waals surface area contributed by atoms with Gasteiger partial charge in [-0.2, -0.15) is 0 Å². The van der Waals surface area contributed by atoms with Crippen molar-refractivity contribution < 1.29 is 11.0 Å². The first kappa shape index (κ1) is 23.1. The minimum absolute atomic E-state index is 0. The molecule has 0 atom stereocenters. The molecule has 4 nitrogen and oxygen atoms in total. The highest BCUT2D eigenvalue weighted by Gasteiger charge is 1.48. The van der Waals surface area contributed by atoms with Gasteiger partial charge in [-0.15, -0.1) is 0 Å². The summed E-state index contributed by atoms with van der Waals surface area (Å²) < 4.78 is 9.86. The molecule has 0 amide bonds. The molecule has 0 aliphatic rings. The lowest BCUT2D eigenvalue weighted by molar-refractivity contribution is 0.823. The maximum Gasteiger partial charge on any atom is 0.313 e. The van der Waals surface area contributed by atoms with E-state index in [1.54, 1.807) is 0 Å². The standard InChI is InChI=1S/2CH3.2Al.2H2N.2H2O/h2*1H3;;;4*1H2/q;;2*+1;2*-1;;. The smallest absolute Gasteiger partial charge is 0.313 e. The van der Waals surface area contributed by atoms with Gasteiger partial charge in [0.2, 0.25) is 0 Å². The van der Waals surface area contributed by atoms with Crippen molar-refractivity contribution in [1.82, 2.24) is 0 Å². The molecule has 6 heteroatoms. The summed E-state index contributed by atoms with van der Waals surface area (Å²) in [4.78, 5) is 0. The van der Waals surface area contributed by atoms with Crippen LogP contribution in [0.15, 0.2) is 0 Å². The summed E-state index contributed by atoms with van der Waals surface area (Å²) >= 11 is 0.500. The Morgan fingerprint density at radius 2 is 0.875 bits per heavy atom. The van der Waals surface area contributed by atoms with Gasteiger partial charge < -0.3 is 20.4 Å². The number of hydrogen-bond acceptors (Lipinski definition) is 2. The van der Waals surface area contributed by atoms with E-state index in [9.17, 15) is 0 Å². The maximum absolute atomic E-state index is 4.93. The second-order valence-corrected chi connectivity index (χ2v) is 2.00. The van der Waals surface area contributed by atoms with E-state index in [1.165, 1.54) is 0 Å². The second kappa shape index (κ2) is 44.7. The predicted octanol–water partition coefficient (Wildman–Crippen LogP) is -2.42. The molecule has 0 saturated carbocycles. The molecule has 50 valence electrons. The molecule has 0 unspecified atom stereocenters.